The van der Waals surface area contributed by atoms with Crippen molar-refractivity contribution in [3.63, 3.8) is 0 Å². The Kier molecular flexibility index (Phi) is 6.98. The van der Waals surface area contributed by atoms with E-state index in [1.807, 2.05) is 0 Å². The molecule has 1 rings (SSSR count). The Hall–Kier alpha value is -0.120. The lowest BCUT2D eigenvalue weighted by Gasteiger charge is -2.34. The first kappa shape index (κ1) is 12.9. The van der Waals surface area contributed by atoms with Gasteiger partial charge >= 0.3 is 0 Å². The fraction of sp³-hybridized carbons (Fsp3) is 1.00. The lowest BCUT2D eigenvalue weighted by Crippen LogP contribution is -2.49. The topological polar surface area (TPSA) is 35.5 Å². The number of rotatable bonds is 7. The zero-order valence-corrected chi connectivity index (χ0v) is 10.0. The normalized spacial score (nSPS) is 20.4. The maximum absolute atomic E-state index is 9.37. The van der Waals surface area contributed by atoms with Gasteiger partial charge < -0.3 is 10.4 Å². The molecule has 1 saturated heterocycles. The molecule has 0 aliphatic carbocycles. The molecule has 1 atom stereocenters. The van der Waals surface area contributed by atoms with Gasteiger partial charge in [0.25, 0.3) is 0 Å². The molecule has 0 aromatic heterocycles. The van der Waals surface area contributed by atoms with E-state index < -0.39 is 0 Å². The smallest absolute Gasteiger partial charge is 0.0586 e. The summed E-state index contributed by atoms with van der Waals surface area (Å²) in [4.78, 5) is 2.43. The molecule has 0 radical (unpaired) electrons. The average molecular weight is 214 g/mol. The predicted molar refractivity (Wildman–Crippen MR) is 64.1 cm³/mol. The largest absolute Gasteiger partial charge is 0.395 e. The van der Waals surface area contributed by atoms with Crippen molar-refractivity contribution >= 4 is 0 Å². The van der Waals surface area contributed by atoms with E-state index in [-0.39, 0.29) is 0 Å². The highest BCUT2D eigenvalue weighted by atomic mass is 16.3. The number of nitrogens with zero attached hydrogens (tertiary/aromatic N) is 1. The molecule has 1 aliphatic heterocycles. The SMILES string of the molecule is CCCCCCC(CO)N1CCNCC1. The van der Waals surface area contributed by atoms with Crippen LogP contribution in [0.1, 0.15) is 39.0 Å². The Morgan fingerprint density at radius 1 is 1.20 bits per heavy atom. The van der Waals surface area contributed by atoms with Crippen LogP contribution in [0.15, 0.2) is 0 Å². The molecule has 3 heteroatoms. The zero-order chi connectivity index (χ0) is 10.9. The molecule has 1 aliphatic rings. The molecule has 0 aromatic rings. The van der Waals surface area contributed by atoms with E-state index in [1.54, 1.807) is 0 Å². The van der Waals surface area contributed by atoms with Gasteiger partial charge in [-0.15, -0.1) is 0 Å². The highest BCUT2D eigenvalue weighted by Gasteiger charge is 2.18. The van der Waals surface area contributed by atoms with E-state index in [4.69, 9.17) is 0 Å². The highest BCUT2D eigenvalue weighted by molar-refractivity contribution is 4.76. The van der Waals surface area contributed by atoms with Crippen molar-refractivity contribution in [2.24, 2.45) is 0 Å². The third kappa shape index (κ3) is 4.96. The highest BCUT2D eigenvalue weighted by Crippen LogP contribution is 2.11. The number of unbranched alkanes of at least 4 members (excludes halogenated alkanes) is 3. The molecule has 1 heterocycles. The Morgan fingerprint density at radius 2 is 1.93 bits per heavy atom. The van der Waals surface area contributed by atoms with Crippen LogP contribution in [0, 0.1) is 0 Å². The first-order chi connectivity index (χ1) is 7.38. The van der Waals surface area contributed by atoms with E-state index in [0.29, 0.717) is 12.6 Å². The molecule has 0 bridgehead atoms. The molecule has 2 N–H and O–H groups in total. The first-order valence-corrected chi connectivity index (χ1v) is 6.44. The van der Waals surface area contributed by atoms with Gasteiger partial charge in [-0.05, 0) is 6.42 Å². The molecule has 15 heavy (non-hydrogen) atoms. The summed E-state index contributed by atoms with van der Waals surface area (Å²) in [5, 5.41) is 12.7. The second kappa shape index (κ2) is 8.08. The lowest BCUT2D eigenvalue weighted by molar-refractivity contribution is 0.102. The second-order valence-electron chi connectivity index (χ2n) is 4.47. The Bertz CT molecular complexity index is 147. The summed E-state index contributed by atoms with van der Waals surface area (Å²) in [5.41, 5.74) is 0. The molecular formula is C12H26N2O. The van der Waals surface area contributed by atoms with Gasteiger partial charge in [0.2, 0.25) is 0 Å². The summed E-state index contributed by atoms with van der Waals surface area (Å²) in [6.45, 7) is 6.90. The molecule has 90 valence electrons. The Balaban J connectivity index is 2.15. The summed E-state index contributed by atoms with van der Waals surface area (Å²) in [7, 11) is 0. The van der Waals surface area contributed by atoms with E-state index in [1.165, 1.54) is 25.7 Å². The Labute approximate surface area is 93.9 Å². The maximum atomic E-state index is 9.37. The zero-order valence-electron chi connectivity index (χ0n) is 10.0. The van der Waals surface area contributed by atoms with Gasteiger partial charge in [-0.3, -0.25) is 4.90 Å². The monoisotopic (exact) mass is 214 g/mol. The summed E-state index contributed by atoms with van der Waals surface area (Å²) >= 11 is 0. The fourth-order valence-electron chi connectivity index (χ4n) is 2.24. The third-order valence-corrected chi connectivity index (χ3v) is 3.27. The second-order valence-corrected chi connectivity index (χ2v) is 4.47. The van der Waals surface area contributed by atoms with Gasteiger partial charge in [-0.2, -0.15) is 0 Å². The number of hydrogen-bond donors (Lipinski definition) is 2. The average Bonchev–Trinajstić information content (AvgIpc) is 2.30. The molecule has 3 nitrogen and oxygen atoms in total. The van der Waals surface area contributed by atoms with Gasteiger partial charge in [0.05, 0.1) is 6.61 Å². The van der Waals surface area contributed by atoms with Crippen LogP contribution in [0.25, 0.3) is 0 Å². The number of hydrogen-bond acceptors (Lipinski definition) is 3. The quantitative estimate of drug-likeness (QED) is 0.626. The lowest BCUT2D eigenvalue weighted by atomic mass is 10.1. The van der Waals surface area contributed by atoms with Crippen molar-refractivity contribution in [3.8, 4) is 0 Å². The minimum atomic E-state index is 0.326. The number of piperazine rings is 1. The van der Waals surface area contributed by atoms with Crippen molar-refractivity contribution in [2.45, 2.75) is 45.1 Å². The molecular weight excluding hydrogens is 188 g/mol. The molecule has 0 saturated carbocycles. The first-order valence-electron chi connectivity index (χ1n) is 6.44. The van der Waals surface area contributed by atoms with Crippen LogP contribution in [0.5, 0.6) is 0 Å². The predicted octanol–water partition coefficient (Wildman–Crippen LogP) is 1.22. The van der Waals surface area contributed by atoms with Crippen LogP contribution >= 0.6 is 0 Å². The number of aliphatic hydroxyl groups excluding tert-OH is 1. The molecule has 0 aromatic carbocycles. The summed E-state index contributed by atoms with van der Waals surface area (Å²) in [6.07, 6.45) is 6.37. The van der Waals surface area contributed by atoms with Gasteiger partial charge in [0.1, 0.15) is 0 Å². The van der Waals surface area contributed by atoms with E-state index in [9.17, 15) is 5.11 Å². The van der Waals surface area contributed by atoms with Crippen molar-refractivity contribution in [3.05, 3.63) is 0 Å². The van der Waals surface area contributed by atoms with Gasteiger partial charge in [0.15, 0.2) is 0 Å². The summed E-state index contributed by atoms with van der Waals surface area (Å²) < 4.78 is 0. The molecule has 0 amide bonds. The van der Waals surface area contributed by atoms with E-state index in [2.05, 4.69) is 17.1 Å². The van der Waals surface area contributed by atoms with Crippen LogP contribution < -0.4 is 5.32 Å². The fourth-order valence-corrected chi connectivity index (χ4v) is 2.24. The van der Waals surface area contributed by atoms with E-state index >= 15 is 0 Å². The molecule has 1 unspecified atom stereocenters. The summed E-state index contributed by atoms with van der Waals surface area (Å²) in [6, 6.07) is 0.406. The van der Waals surface area contributed by atoms with Gasteiger partial charge in [0, 0.05) is 32.2 Å². The van der Waals surface area contributed by atoms with Crippen LogP contribution in [0.2, 0.25) is 0 Å². The van der Waals surface area contributed by atoms with Gasteiger partial charge in [-0.25, -0.2) is 0 Å². The molecule has 0 spiro atoms. The van der Waals surface area contributed by atoms with Crippen molar-refractivity contribution < 1.29 is 5.11 Å². The third-order valence-electron chi connectivity index (χ3n) is 3.27. The van der Waals surface area contributed by atoms with Crippen LogP contribution in [-0.2, 0) is 0 Å². The number of nitrogens with one attached hydrogen (secondary N) is 1. The minimum absolute atomic E-state index is 0.326. The standard InChI is InChI=1S/C12H26N2O/c1-2-3-4-5-6-12(11-15)14-9-7-13-8-10-14/h12-13,15H,2-11H2,1H3. The number of aliphatic hydroxyl groups is 1. The maximum Gasteiger partial charge on any atom is 0.0586 e. The van der Waals surface area contributed by atoms with Crippen molar-refractivity contribution in [2.75, 3.05) is 32.8 Å². The van der Waals surface area contributed by atoms with Gasteiger partial charge in [-0.1, -0.05) is 32.6 Å². The van der Waals surface area contributed by atoms with E-state index in [0.717, 1.165) is 32.6 Å². The van der Waals surface area contributed by atoms with Crippen molar-refractivity contribution in [1.82, 2.24) is 10.2 Å². The summed E-state index contributed by atoms with van der Waals surface area (Å²) in [5.74, 6) is 0. The Morgan fingerprint density at radius 3 is 2.53 bits per heavy atom. The van der Waals surface area contributed by atoms with Crippen molar-refractivity contribution in [1.29, 1.82) is 0 Å². The minimum Gasteiger partial charge on any atom is -0.395 e. The van der Waals surface area contributed by atoms with Crippen LogP contribution in [0.4, 0.5) is 0 Å². The van der Waals surface area contributed by atoms with Crippen LogP contribution in [-0.4, -0.2) is 48.8 Å². The molecule has 1 fully saturated rings. The van der Waals surface area contributed by atoms with Crippen LogP contribution in [0.3, 0.4) is 0 Å².